The molecule has 0 bridgehead atoms. The molecular formula is C25H28O. The highest BCUT2D eigenvalue weighted by Crippen LogP contribution is 2.47. The van der Waals surface area contributed by atoms with Crippen LogP contribution in [0.15, 0.2) is 48.5 Å². The molecule has 0 saturated heterocycles. The maximum absolute atomic E-state index is 6.46. The van der Waals surface area contributed by atoms with Crippen LogP contribution in [-0.2, 0) is 5.60 Å². The van der Waals surface area contributed by atoms with Crippen molar-refractivity contribution in [2.24, 2.45) is 0 Å². The minimum Gasteiger partial charge on any atom is -0.482 e. The van der Waals surface area contributed by atoms with E-state index < -0.39 is 0 Å². The van der Waals surface area contributed by atoms with Crippen LogP contribution < -0.4 is 4.74 Å². The van der Waals surface area contributed by atoms with Crippen LogP contribution in [0, 0.1) is 0 Å². The van der Waals surface area contributed by atoms with Crippen LogP contribution in [0.25, 0.3) is 21.9 Å². The molecule has 0 saturated carbocycles. The second-order valence-electron chi connectivity index (χ2n) is 8.68. The number of hydrogen-bond donors (Lipinski definition) is 0. The molecule has 134 valence electrons. The average molecular weight is 344 g/mol. The Bertz CT molecular complexity index is 992. The van der Waals surface area contributed by atoms with E-state index in [-0.39, 0.29) is 5.60 Å². The van der Waals surface area contributed by atoms with E-state index in [0.717, 1.165) is 5.75 Å². The summed E-state index contributed by atoms with van der Waals surface area (Å²) in [5, 5.41) is 2.60. The van der Waals surface area contributed by atoms with Gasteiger partial charge in [0.2, 0.25) is 0 Å². The van der Waals surface area contributed by atoms with E-state index in [0.29, 0.717) is 11.8 Å². The maximum Gasteiger partial charge on any atom is 0.129 e. The second-order valence-corrected chi connectivity index (χ2v) is 8.68. The van der Waals surface area contributed by atoms with Crippen molar-refractivity contribution in [2.45, 2.75) is 59.0 Å². The van der Waals surface area contributed by atoms with Gasteiger partial charge in [-0.15, -0.1) is 0 Å². The van der Waals surface area contributed by atoms with Crippen LogP contribution in [0.2, 0.25) is 0 Å². The molecule has 0 N–H and O–H groups in total. The van der Waals surface area contributed by atoms with E-state index in [4.69, 9.17) is 4.74 Å². The minimum absolute atomic E-state index is 0.333. The van der Waals surface area contributed by atoms with Crippen LogP contribution in [0.5, 0.6) is 5.75 Å². The molecule has 0 aliphatic carbocycles. The van der Waals surface area contributed by atoms with Gasteiger partial charge in [-0.2, -0.15) is 0 Å². The molecular weight excluding hydrogens is 316 g/mol. The average Bonchev–Trinajstić information content (AvgIpc) is 2.59. The lowest BCUT2D eigenvalue weighted by Gasteiger charge is -2.35. The zero-order chi connectivity index (χ0) is 18.6. The van der Waals surface area contributed by atoms with Gasteiger partial charge >= 0.3 is 0 Å². The van der Waals surface area contributed by atoms with Crippen molar-refractivity contribution in [1.82, 2.24) is 0 Å². The predicted molar refractivity (Wildman–Crippen MR) is 111 cm³/mol. The molecule has 0 radical (unpaired) electrons. The number of rotatable bonds is 2. The molecule has 1 aliphatic heterocycles. The van der Waals surface area contributed by atoms with Gasteiger partial charge in [0.1, 0.15) is 11.4 Å². The van der Waals surface area contributed by atoms with E-state index in [9.17, 15) is 0 Å². The smallest absolute Gasteiger partial charge is 0.129 e. The molecule has 0 atom stereocenters. The van der Waals surface area contributed by atoms with Crippen molar-refractivity contribution < 1.29 is 4.74 Å². The maximum atomic E-state index is 6.46. The highest BCUT2D eigenvalue weighted by atomic mass is 16.5. The first-order valence-corrected chi connectivity index (χ1v) is 9.68. The molecule has 1 heterocycles. The summed E-state index contributed by atoms with van der Waals surface area (Å²) in [5.74, 6) is 2.04. The van der Waals surface area contributed by atoms with Crippen LogP contribution in [0.3, 0.4) is 0 Å². The van der Waals surface area contributed by atoms with Gasteiger partial charge in [-0.3, -0.25) is 0 Å². The highest BCUT2D eigenvalue weighted by Gasteiger charge is 2.33. The normalized spacial score (nSPS) is 15.1. The van der Waals surface area contributed by atoms with Gasteiger partial charge in [0.25, 0.3) is 0 Å². The zero-order valence-corrected chi connectivity index (χ0v) is 16.7. The van der Waals surface area contributed by atoms with Gasteiger partial charge in [-0.05, 0) is 71.3 Å². The third-order valence-electron chi connectivity index (χ3n) is 5.64. The molecule has 0 spiro atoms. The van der Waals surface area contributed by atoms with Crippen LogP contribution in [0.1, 0.15) is 70.1 Å². The van der Waals surface area contributed by atoms with Gasteiger partial charge in [0.15, 0.2) is 0 Å². The molecule has 0 amide bonds. The SMILES string of the molecule is CC(C)c1ccc2c(c1)OC(C)(C)c1cc3cc(C(C)C)ccc3cc1-2. The van der Waals surface area contributed by atoms with E-state index in [1.165, 1.54) is 38.6 Å². The topological polar surface area (TPSA) is 9.23 Å². The number of benzene rings is 3. The second kappa shape index (κ2) is 5.87. The van der Waals surface area contributed by atoms with Crippen molar-refractivity contribution in [3.05, 3.63) is 65.2 Å². The quantitative estimate of drug-likeness (QED) is 0.471. The van der Waals surface area contributed by atoms with E-state index in [1.54, 1.807) is 0 Å². The van der Waals surface area contributed by atoms with Gasteiger partial charge < -0.3 is 4.74 Å². The Morgan fingerprint density at radius 1 is 0.692 bits per heavy atom. The fourth-order valence-corrected chi connectivity index (χ4v) is 3.93. The first-order chi connectivity index (χ1) is 12.3. The lowest BCUT2D eigenvalue weighted by molar-refractivity contribution is 0.106. The molecule has 1 aliphatic rings. The van der Waals surface area contributed by atoms with Gasteiger partial charge in [-0.1, -0.05) is 58.0 Å². The summed E-state index contributed by atoms with van der Waals surface area (Å²) in [4.78, 5) is 0. The summed E-state index contributed by atoms with van der Waals surface area (Å²) in [7, 11) is 0. The van der Waals surface area contributed by atoms with Gasteiger partial charge in [0.05, 0.1) is 0 Å². The van der Waals surface area contributed by atoms with Gasteiger partial charge in [0, 0.05) is 11.1 Å². The summed E-state index contributed by atoms with van der Waals surface area (Å²) in [5.41, 5.74) is 6.16. The van der Waals surface area contributed by atoms with Gasteiger partial charge in [-0.25, -0.2) is 0 Å². The third-order valence-corrected chi connectivity index (χ3v) is 5.64. The summed E-state index contributed by atoms with van der Waals surface area (Å²) < 4.78 is 6.46. The molecule has 0 aromatic heterocycles. The Hall–Kier alpha value is -2.28. The van der Waals surface area contributed by atoms with Crippen LogP contribution in [-0.4, -0.2) is 0 Å². The number of fused-ring (bicyclic) bond motifs is 4. The van der Waals surface area contributed by atoms with E-state index in [1.807, 2.05) is 0 Å². The molecule has 0 fully saturated rings. The molecule has 26 heavy (non-hydrogen) atoms. The largest absolute Gasteiger partial charge is 0.482 e. The molecule has 1 nitrogen and oxygen atoms in total. The number of ether oxygens (including phenoxy) is 1. The number of hydrogen-bond acceptors (Lipinski definition) is 1. The van der Waals surface area contributed by atoms with Crippen molar-refractivity contribution in [3.8, 4) is 16.9 Å². The van der Waals surface area contributed by atoms with Crippen molar-refractivity contribution in [3.63, 3.8) is 0 Å². The summed E-state index contributed by atoms with van der Waals surface area (Å²) >= 11 is 0. The van der Waals surface area contributed by atoms with Crippen LogP contribution >= 0.6 is 0 Å². The third kappa shape index (κ3) is 2.70. The lowest BCUT2D eigenvalue weighted by Crippen LogP contribution is -2.29. The summed E-state index contributed by atoms with van der Waals surface area (Å²) in [6, 6.07) is 18.2. The highest BCUT2D eigenvalue weighted by molar-refractivity contribution is 5.92. The predicted octanol–water partition coefficient (Wildman–Crippen LogP) is 7.38. The monoisotopic (exact) mass is 344 g/mol. The van der Waals surface area contributed by atoms with Crippen molar-refractivity contribution in [1.29, 1.82) is 0 Å². The first-order valence-electron chi connectivity index (χ1n) is 9.68. The van der Waals surface area contributed by atoms with Crippen molar-refractivity contribution in [2.75, 3.05) is 0 Å². The van der Waals surface area contributed by atoms with E-state index >= 15 is 0 Å². The molecule has 0 unspecified atom stereocenters. The minimum atomic E-state index is -0.333. The fraction of sp³-hybridized carbons (Fsp3) is 0.360. The van der Waals surface area contributed by atoms with Crippen LogP contribution in [0.4, 0.5) is 0 Å². The Morgan fingerprint density at radius 2 is 1.35 bits per heavy atom. The first kappa shape index (κ1) is 17.1. The molecule has 1 heteroatoms. The fourth-order valence-electron chi connectivity index (χ4n) is 3.93. The Morgan fingerprint density at radius 3 is 2.04 bits per heavy atom. The summed E-state index contributed by atoms with van der Waals surface area (Å²) in [6.45, 7) is 13.3. The van der Waals surface area contributed by atoms with Crippen molar-refractivity contribution >= 4 is 10.8 Å². The zero-order valence-electron chi connectivity index (χ0n) is 16.7. The Balaban J connectivity index is 1.96. The Labute approximate surface area is 157 Å². The molecule has 3 aromatic rings. The summed E-state index contributed by atoms with van der Waals surface area (Å²) in [6.07, 6.45) is 0. The lowest BCUT2D eigenvalue weighted by atomic mass is 9.83. The van der Waals surface area contributed by atoms with E-state index in [2.05, 4.69) is 90.1 Å². The Kier molecular flexibility index (Phi) is 3.87. The standard InChI is InChI=1S/C25H28O/c1-15(2)17-7-8-19-12-22-21-10-9-18(16(3)4)14-24(21)26-25(5,6)23(22)13-20(19)11-17/h7-16H,1-6H3. The molecule has 4 rings (SSSR count). The molecule has 3 aromatic carbocycles.